The van der Waals surface area contributed by atoms with Crippen LogP contribution >= 0.6 is 0 Å². The van der Waals surface area contributed by atoms with Crippen LogP contribution in [0.25, 0.3) is 0 Å². The summed E-state index contributed by atoms with van der Waals surface area (Å²) in [7, 11) is 0. The van der Waals surface area contributed by atoms with Crippen LogP contribution in [0.1, 0.15) is 57.6 Å². The lowest BCUT2D eigenvalue weighted by atomic mass is 9.95. The normalized spacial score (nSPS) is 28.7. The number of benzene rings is 1. The van der Waals surface area contributed by atoms with Crippen molar-refractivity contribution >= 4 is 5.91 Å². The predicted octanol–water partition coefficient (Wildman–Crippen LogP) is 4.10. The van der Waals surface area contributed by atoms with Gasteiger partial charge >= 0.3 is 0 Å². The average Bonchev–Trinajstić information content (AvgIpc) is 3.37. The smallest absolute Gasteiger partial charge is 0.224 e. The van der Waals surface area contributed by atoms with E-state index in [-0.39, 0.29) is 17.9 Å². The van der Waals surface area contributed by atoms with Crippen LogP contribution in [0.15, 0.2) is 18.2 Å². The highest BCUT2D eigenvalue weighted by molar-refractivity contribution is 5.82. The number of hydrogen-bond acceptors (Lipinski definition) is 3. The first kappa shape index (κ1) is 16.7. The molecule has 25 heavy (non-hydrogen) atoms. The van der Waals surface area contributed by atoms with E-state index in [0.29, 0.717) is 31.0 Å². The number of nitrogens with one attached hydrogen (secondary N) is 1. The number of carbonyl (C=O) groups excluding carboxylic acids is 1. The summed E-state index contributed by atoms with van der Waals surface area (Å²) in [6.07, 6.45) is 5.96. The Morgan fingerprint density at radius 3 is 2.40 bits per heavy atom. The van der Waals surface area contributed by atoms with E-state index in [1.165, 1.54) is 25.7 Å². The van der Waals surface area contributed by atoms with E-state index in [4.69, 9.17) is 9.47 Å². The fourth-order valence-corrected chi connectivity index (χ4v) is 4.64. The summed E-state index contributed by atoms with van der Waals surface area (Å²) >= 11 is 0. The quantitative estimate of drug-likeness (QED) is 0.895. The van der Waals surface area contributed by atoms with Gasteiger partial charge in [0, 0.05) is 12.3 Å². The zero-order valence-electron chi connectivity index (χ0n) is 15.3. The number of hydrogen-bond donors (Lipinski definition) is 1. The van der Waals surface area contributed by atoms with Crippen molar-refractivity contribution in [3.05, 3.63) is 23.8 Å². The minimum absolute atomic E-state index is 0.0207. The molecule has 4 heteroatoms. The first-order chi connectivity index (χ1) is 12.1. The average molecular weight is 343 g/mol. The van der Waals surface area contributed by atoms with E-state index < -0.39 is 0 Å². The number of ether oxygens (including phenoxy) is 2. The van der Waals surface area contributed by atoms with Crippen LogP contribution in [0, 0.1) is 23.7 Å². The maximum absolute atomic E-state index is 12.8. The van der Waals surface area contributed by atoms with Crippen LogP contribution < -0.4 is 14.8 Å². The lowest BCUT2D eigenvalue weighted by molar-refractivity contribution is -0.124. The van der Waals surface area contributed by atoms with Crippen molar-refractivity contribution in [2.75, 3.05) is 13.2 Å². The maximum atomic E-state index is 12.8. The predicted molar refractivity (Wildman–Crippen MR) is 96.7 cm³/mol. The molecule has 2 saturated carbocycles. The molecule has 0 radical (unpaired) electrons. The summed E-state index contributed by atoms with van der Waals surface area (Å²) in [5, 5.41) is 3.34. The van der Waals surface area contributed by atoms with Crippen LogP contribution in [0.3, 0.4) is 0 Å². The second kappa shape index (κ2) is 6.89. The Kier molecular flexibility index (Phi) is 4.61. The third-order valence-corrected chi connectivity index (χ3v) is 6.05. The molecule has 1 aromatic carbocycles. The minimum atomic E-state index is 0.0207. The first-order valence-corrected chi connectivity index (χ1v) is 9.85. The maximum Gasteiger partial charge on any atom is 0.224 e. The minimum Gasteiger partial charge on any atom is -0.490 e. The molecular weight excluding hydrogens is 314 g/mol. The second-order valence-corrected chi connectivity index (χ2v) is 8.12. The van der Waals surface area contributed by atoms with Gasteiger partial charge in [-0.3, -0.25) is 4.79 Å². The van der Waals surface area contributed by atoms with Crippen molar-refractivity contribution in [2.24, 2.45) is 23.7 Å². The molecule has 1 amide bonds. The first-order valence-electron chi connectivity index (χ1n) is 9.85. The fraction of sp³-hybridized carbons (Fsp3) is 0.667. The van der Waals surface area contributed by atoms with Gasteiger partial charge in [0.15, 0.2) is 11.5 Å². The van der Waals surface area contributed by atoms with Gasteiger partial charge in [0.25, 0.3) is 0 Å². The zero-order chi connectivity index (χ0) is 17.4. The van der Waals surface area contributed by atoms with Crippen molar-refractivity contribution in [1.29, 1.82) is 0 Å². The van der Waals surface area contributed by atoms with Crippen molar-refractivity contribution in [3.8, 4) is 11.5 Å². The van der Waals surface area contributed by atoms with E-state index >= 15 is 0 Å². The molecule has 136 valence electrons. The SMILES string of the molecule is CC(C)C(NC(=O)C1C2CCCCC21)c1ccc2c(c1)OCCCO2. The summed E-state index contributed by atoms with van der Waals surface area (Å²) in [5.41, 5.74) is 1.11. The van der Waals surface area contributed by atoms with Gasteiger partial charge in [-0.15, -0.1) is 0 Å². The molecule has 0 saturated heterocycles. The standard InChI is InChI=1S/C21H29NO3/c1-13(2)20(22-21(23)19-15-6-3-4-7-16(15)19)14-8-9-17-18(12-14)25-11-5-10-24-17/h8-9,12-13,15-16,19-20H,3-7,10-11H2,1-2H3,(H,22,23). The molecule has 0 spiro atoms. The van der Waals surface area contributed by atoms with E-state index in [9.17, 15) is 4.79 Å². The highest BCUT2D eigenvalue weighted by atomic mass is 16.5. The summed E-state index contributed by atoms with van der Waals surface area (Å²) in [6.45, 7) is 5.70. The van der Waals surface area contributed by atoms with E-state index in [0.717, 1.165) is 23.5 Å². The second-order valence-electron chi connectivity index (χ2n) is 8.12. The van der Waals surface area contributed by atoms with Crippen molar-refractivity contribution in [3.63, 3.8) is 0 Å². The van der Waals surface area contributed by atoms with E-state index in [1.54, 1.807) is 0 Å². The third-order valence-electron chi connectivity index (χ3n) is 6.05. The van der Waals surface area contributed by atoms with Crippen molar-refractivity contribution in [1.82, 2.24) is 5.32 Å². The topological polar surface area (TPSA) is 47.6 Å². The van der Waals surface area contributed by atoms with Crippen LogP contribution in [-0.4, -0.2) is 19.1 Å². The fourth-order valence-electron chi connectivity index (χ4n) is 4.64. The molecule has 1 N–H and O–H groups in total. The Labute approximate surface area is 150 Å². The van der Waals surface area contributed by atoms with Crippen molar-refractivity contribution in [2.45, 2.75) is 52.0 Å². The van der Waals surface area contributed by atoms with Gasteiger partial charge in [0.1, 0.15) is 0 Å². The molecule has 3 atom stereocenters. The lowest BCUT2D eigenvalue weighted by Gasteiger charge is -2.24. The Morgan fingerprint density at radius 1 is 1.04 bits per heavy atom. The van der Waals surface area contributed by atoms with Gasteiger partial charge in [-0.2, -0.15) is 0 Å². The summed E-state index contributed by atoms with van der Waals surface area (Å²) < 4.78 is 11.5. The molecule has 1 aromatic rings. The van der Waals surface area contributed by atoms with E-state index in [2.05, 4.69) is 25.2 Å². The van der Waals surface area contributed by atoms with Gasteiger partial charge in [-0.05, 0) is 48.3 Å². The summed E-state index contributed by atoms with van der Waals surface area (Å²) in [6, 6.07) is 6.12. The number of rotatable bonds is 4. The van der Waals surface area contributed by atoms with Crippen LogP contribution in [0.2, 0.25) is 0 Å². The van der Waals surface area contributed by atoms with Gasteiger partial charge in [0.05, 0.1) is 19.3 Å². The van der Waals surface area contributed by atoms with Crippen LogP contribution in [0.5, 0.6) is 11.5 Å². The Bertz CT molecular complexity index is 630. The zero-order valence-corrected chi connectivity index (χ0v) is 15.3. The molecule has 4 rings (SSSR count). The van der Waals surface area contributed by atoms with Gasteiger partial charge in [-0.1, -0.05) is 32.8 Å². The molecule has 0 bridgehead atoms. The van der Waals surface area contributed by atoms with E-state index in [1.807, 2.05) is 12.1 Å². The number of fused-ring (bicyclic) bond motifs is 2. The Balaban J connectivity index is 1.49. The van der Waals surface area contributed by atoms with Crippen molar-refractivity contribution < 1.29 is 14.3 Å². The Hall–Kier alpha value is -1.71. The number of amides is 1. The molecule has 2 fully saturated rings. The largest absolute Gasteiger partial charge is 0.490 e. The monoisotopic (exact) mass is 343 g/mol. The highest BCUT2D eigenvalue weighted by Gasteiger charge is 2.54. The van der Waals surface area contributed by atoms with Gasteiger partial charge in [-0.25, -0.2) is 0 Å². The summed E-state index contributed by atoms with van der Waals surface area (Å²) in [5.74, 6) is 3.73. The molecule has 1 heterocycles. The molecule has 4 nitrogen and oxygen atoms in total. The molecule has 0 aromatic heterocycles. The Morgan fingerprint density at radius 2 is 1.72 bits per heavy atom. The highest BCUT2D eigenvalue weighted by Crippen LogP contribution is 2.55. The van der Waals surface area contributed by atoms with Crippen LogP contribution in [-0.2, 0) is 4.79 Å². The molecule has 3 aliphatic rings. The third kappa shape index (κ3) is 3.36. The van der Waals surface area contributed by atoms with Gasteiger partial charge < -0.3 is 14.8 Å². The molecule has 2 aliphatic carbocycles. The molecular formula is C21H29NO3. The number of carbonyl (C=O) groups is 1. The van der Waals surface area contributed by atoms with Gasteiger partial charge in [0.2, 0.25) is 5.91 Å². The molecule has 1 aliphatic heterocycles. The summed E-state index contributed by atoms with van der Waals surface area (Å²) in [4.78, 5) is 12.8. The van der Waals surface area contributed by atoms with Crippen LogP contribution in [0.4, 0.5) is 0 Å². The molecule has 3 unspecified atom stereocenters. The lowest BCUT2D eigenvalue weighted by Crippen LogP contribution is -2.33.